The minimum atomic E-state index is -0.541. The van der Waals surface area contributed by atoms with Gasteiger partial charge in [-0.25, -0.2) is 0 Å². The molecule has 1 atom stereocenters. The van der Waals surface area contributed by atoms with Crippen molar-refractivity contribution in [3.63, 3.8) is 0 Å². The Morgan fingerprint density at radius 1 is 1.18 bits per heavy atom. The Kier molecular flexibility index (Phi) is 6.30. The molecule has 0 saturated carbocycles. The van der Waals surface area contributed by atoms with Gasteiger partial charge in [0.05, 0.1) is 6.10 Å². The highest BCUT2D eigenvalue weighted by molar-refractivity contribution is 7.99. The van der Waals surface area contributed by atoms with E-state index in [1.165, 1.54) is 6.92 Å². The maximum absolute atomic E-state index is 10.9. The van der Waals surface area contributed by atoms with Crippen LogP contribution in [0.15, 0.2) is 59.5 Å². The molecule has 0 spiro atoms. The molecular formula is C17H19NO3S. The molecule has 0 fully saturated rings. The lowest BCUT2D eigenvalue weighted by atomic mass is 10.3. The van der Waals surface area contributed by atoms with Gasteiger partial charge in [0.15, 0.2) is 0 Å². The molecule has 22 heavy (non-hydrogen) atoms. The van der Waals surface area contributed by atoms with Crippen LogP contribution in [-0.4, -0.2) is 29.5 Å². The Balaban J connectivity index is 1.73. The van der Waals surface area contributed by atoms with Crippen LogP contribution >= 0.6 is 11.8 Å². The number of para-hydroxylation sites is 1. The lowest BCUT2D eigenvalue weighted by Gasteiger charge is -2.12. The van der Waals surface area contributed by atoms with E-state index in [0.29, 0.717) is 5.75 Å². The summed E-state index contributed by atoms with van der Waals surface area (Å²) in [6.07, 6.45) is -0.541. The smallest absolute Gasteiger partial charge is 0.221 e. The average Bonchev–Trinajstić information content (AvgIpc) is 2.53. The van der Waals surface area contributed by atoms with Gasteiger partial charge in [0.25, 0.3) is 0 Å². The van der Waals surface area contributed by atoms with Gasteiger partial charge < -0.3 is 15.2 Å². The van der Waals surface area contributed by atoms with E-state index >= 15 is 0 Å². The van der Waals surface area contributed by atoms with E-state index in [2.05, 4.69) is 5.32 Å². The van der Waals surface area contributed by atoms with Gasteiger partial charge in [0.1, 0.15) is 12.4 Å². The Bertz CT molecular complexity index is 587. The van der Waals surface area contributed by atoms with E-state index in [9.17, 15) is 9.90 Å². The van der Waals surface area contributed by atoms with Gasteiger partial charge in [-0.15, -0.1) is 11.8 Å². The Hall–Kier alpha value is -1.98. The Labute approximate surface area is 134 Å². The third kappa shape index (κ3) is 5.79. The molecule has 2 aromatic carbocycles. The van der Waals surface area contributed by atoms with Crippen molar-refractivity contribution < 1.29 is 14.6 Å². The zero-order valence-corrected chi connectivity index (χ0v) is 13.2. The van der Waals surface area contributed by atoms with E-state index < -0.39 is 6.10 Å². The Morgan fingerprint density at radius 3 is 2.50 bits per heavy atom. The predicted octanol–water partition coefficient (Wildman–Crippen LogP) is 3.18. The molecule has 0 aromatic heterocycles. The topological polar surface area (TPSA) is 58.6 Å². The molecule has 0 saturated heterocycles. The van der Waals surface area contributed by atoms with Gasteiger partial charge in [-0.05, 0) is 36.4 Å². The molecule has 4 nitrogen and oxygen atoms in total. The van der Waals surface area contributed by atoms with Crippen molar-refractivity contribution in [1.82, 2.24) is 0 Å². The molecular weight excluding hydrogens is 298 g/mol. The first-order valence-corrected chi connectivity index (χ1v) is 7.98. The maximum Gasteiger partial charge on any atom is 0.221 e. The quantitative estimate of drug-likeness (QED) is 0.770. The van der Waals surface area contributed by atoms with Crippen LogP contribution in [0.5, 0.6) is 5.75 Å². The SMILES string of the molecule is CC(=O)Nc1ccc(SCC(O)COc2ccccc2)cc1. The largest absolute Gasteiger partial charge is 0.491 e. The Morgan fingerprint density at radius 2 is 1.86 bits per heavy atom. The third-order valence-electron chi connectivity index (χ3n) is 2.80. The fourth-order valence-electron chi connectivity index (χ4n) is 1.79. The van der Waals surface area contributed by atoms with E-state index in [1.807, 2.05) is 54.6 Å². The molecule has 1 amide bonds. The van der Waals surface area contributed by atoms with Gasteiger partial charge in [0.2, 0.25) is 5.91 Å². The molecule has 0 radical (unpaired) electrons. The molecule has 0 aliphatic heterocycles. The van der Waals surface area contributed by atoms with Crippen molar-refractivity contribution in [2.45, 2.75) is 17.9 Å². The highest BCUT2D eigenvalue weighted by atomic mass is 32.2. The van der Waals surface area contributed by atoms with Crippen LogP contribution in [-0.2, 0) is 4.79 Å². The molecule has 2 N–H and O–H groups in total. The molecule has 0 aliphatic carbocycles. The fourth-order valence-corrected chi connectivity index (χ4v) is 2.60. The second kappa shape index (κ2) is 8.46. The first-order chi connectivity index (χ1) is 10.6. The second-order valence-electron chi connectivity index (χ2n) is 4.79. The van der Waals surface area contributed by atoms with Crippen LogP contribution in [0.2, 0.25) is 0 Å². The summed E-state index contributed by atoms with van der Waals surface area (Å²) in [5.74, 6) is 1.21. The summed E-state index contributed by atoms with van der Waals surface area (Å²) in [6.45, 7) is 1.74. The van der Waals surface area contributed by atoms with Gasteiger partial charge in [0, 0.05) is 23.3 Å². The van der Waals surface area contributed by atoms with E-state index in [0.717, 1.165) is 16.3 Å². The predicted molar refractivity (Wildman–Crippen MR) is 89.4 cm³/mol. The number of rotatable bonds is 7. The lowest BCUT2D eigenvalue weighted by molar-refractivity contribution is -0.114. The second-order valence-corrected chi connectivity index (χ2v) is 5.89. The first kappa shape index (κ1) is 16.4. The third-order valence-corrected chi connectivity index (χ3v) is 3.96. The summed E-state index contributed by atoms with van der Waals surface area (Å²) in [7, 11) is 0. The normalized spacial score (nSPS) is 11.7. The van der Waals surface area contributed by atoms with Crippen molar-refractivity contribution in [2.24, 2.45) is 0 Å². The fraction of sp³-hybridized carbons (Fsp3) is 0.235. The van der Waals surface area contributed by atoms with Crippen LogP contribution in [0.3, 0.4) is 0 Å². The van der Waals surface area contributed by atoms with Crippen LogP contribution in [0.25, 0.3) is 0 Å². The van der Waals surface area contributed by atoms with Crippen LogP contribution in [0.4, 0.5) is 5.69 Å². The number of aliphatic hydroxyl groups excluding tert-OH is 1. The molecule has 0 heterocycles. The number of thioether (sulfide) groups is 1. The summed E-state index contributed by atoms with van der Waals surface area (Å²) in [5.41, 5.74) is 0.768. The minimum absolute atomic E-state index is 0.0890. The number of carbonyl (C=O) groups is 1. The number of nitrogens with one attached hydrogen (secondary N) is 1. The molecule has 2 aromatic rings. The molecule has 116 valence electrons. The van der Waals surface area contributed by atoms with E-state index in [1.54, 1.807) is 11.8 Å². The highest BCUT2D eigenvalue weighted by Crippen LogP contribution is 2.21. The zero-order chi connectivity index (χ0) is 15.8. The van der Waals surface area contributed by atoms with E-state index in [-0.39, 0.29) is 12.5 Å². The molecule has 5 heteroatoms. The van der Waals surface area contributed by atoms with Crippen LogP contribution in [0.1, 0.15) is 6.92 Å². The van der Waals surface area contributed by atoms with Gasteiger partial charge in [-0.2, -0.15) is 0 Å². The number of anilines is 1. The number of carbonyl (C=O) groups excluding carboxylic acids is 1. The zero-order valence-electron chi connectivity index (χ0n) is 12.4. The maximum atomic E-state index is 10.9. The van der Waals surface area contributed by atoms with E-state index in [4.69, 9.17) is 4.74 Å². The summed E-state index contributed by atoms with van der Waals surface area (Å²) >= 11 is 1.55. The highest BCUT2D eigenvalue weighted by Gasteiger charge is 2.06. The van der Waals surface area contributed by atoms with Crippen molar-refractivity contribution in [3.05, 3.63) is 54.6 Å². The summed E-state index contributed by atoms with van der Waals surface area (Å²) < 4.78 is 5.51. The number of aliphatic hydroxyl groups is 1. The molecule has 2 rings (SSSR count). The van der Waals surface area contributed by atoms with Crippen molar-refractivity contribution in [2.75, 3.05) is 17.7 Å². The number of hydrogen-bond donors (Lipinski definition) is 2. The van der Waals surface area contributed by atoms with Crippen molar-refractivity contribution >= 4 is 23.4 Å². The molecule has 1 unspecified atom stereocenters. The average molecular weight is 317 g/mol. The standard InChI is InChI=1S/C17H19NO3S/c1-13(19)18-14-7-9-17(10-8-14)22-12-15(20)11-21-16-5-3-2-4-6-16/h2-10,15,20H,11-12H2,1H3,(H,18,19). The molecule has 0 aliphatic rings. The summed E-state index contributed by atoms with van der Waals surface area (Å²) in [6, 6.07) is 17.0. The number of benzene rings is 2. The number of hydrogen-bond acceptors (Lipinski definition) is 4. The van der Waals surface area contributed by atoms with Gasteiger partial charge >= 0.3 is 0 Å². The summed E-state index contributed by atoms with van der Waals surface area (Å²) in [5, 5.41) is 12.7. The first-order valence-electron chi connectivity index (χ1n) is 7.00. The van der Waals surface area contributed by atoms with Gasteiger partial charge in [-0.1, -0.05) is 18.2 Å². The van der Waals surface area contributed by atoms with Crippen molar-refractivity contribution in [1.29, 1.82) is 0 Å². The molecule has 0 bridgehead atoms. The number of ether oxygens (including phenoxy) is 1. The van der Waals surface area contributed by atoms with Crippen LogP contribution < -0.4 is 10.1 Å². The lowest BCUT2D eigenvalue weighted by Crippen LogP contribution is -2.19. The number of amides is 1. The monoisotopic (exact) mass is 317 g/mol. The van der Waals surface area contributed by atoms with Crippen molar-refractivity contribution in [3.8, 4) is 5.75 Å². The van der Waals surface area contributed by atoms with Gasteiger partial charge in [-0.3, -0.25) is 4.79 Å². The minimum Gasteiger partial charge on any atom is -0.491 e. The van der Waals surface area contributed by atoms with Crippen LogP contribution in [0, 0.1) is 0 Å². The summed E-state index contributed by atoms with van der Waals surface area (Å²) in [4.78, 5) is 12.0.